The summed E-state index contributed by atoms with van der Waals surface area (Å²) in [6.45, 7) is 0.556. The zero-order valence-corrected chi connectivity index (χ0v) is 12.0. The third-order valence-corrected chi connectivity index (χ3v) is 3.90. The highest BCUT2D eigenvalue weighted by Gasteiger charge is 2.34. The Labute approximate surface area is 120 Å². The smallest absolute Gasteiger partial charge is 0.273 e. The Kier molecular flexibility index (Phi) is 4.66. The third-order valence-electron chi connectivity index (χ3n) is 3.32. The first-order valence-electron chi connectivity index (χ1n) is 6.27. The number of rotatable bonds is 5. The highest BCUT2D eigenvalue weighted by atomic mass is 32.1. The summed E-state index contributed by atoms with van der Waals surface area (Å²) in [5.41, 5.74) is 7.13. The SMILES string of the molecule is CN(C[C@@H]1C[C@H](F)CN1CC(N)=O)C(=O)c1cscn1. The normalized spacial score (nSPS) is 22.9. The average Bonchev–Trinajstić information content (AvgIpc) is 2.98. The van der Waals surface area contributed by atoms with Crippen LogP contribution in [-0.2, 0) is 4.79 Å². The summed E-state index contributed by atoms with van der Waals surface area (Å²) >= 11 is 1.35. The average molecular weight is 300 g/mol. The Hall–Kier alpha value is -1.54. The molecule has 2 heterocycles. The summed E-state index contributed by atoms with van der Waals surface area (Å²) in [6, 6.07) is -0.190. The third kappa shape index (κ3) is 3.51. The Morgan fingerprint density at radius 3 is 3.00 bits per heavy atom. The Balaban J connectivity index is 1.97. The molecule has 1 aliphatic heterocycles. The Bertz CT molecular complexity index is 482. The van der Waals surface area contributed by atoms with E-state index >= 15 is 0 Å². The second kappa shape index (κ2) is 6.27. The number of alkyl halides is 1. The van der Waals surface area contributed by atoms with Crippen LogP contribution in [0.4, 0.5) is 4.39 Å². The fourth-order valence-corrected chi connectivity index (χ4v) is 2.94. The number of primary amides is 1. The van der Waals surface area contributed by atoms with Crippen LogP contribution >= 0.6 is 11.3 Å². The summed E-state index contributed by atoms with van der Waals surface area (Å²) in [4.78, 5) is 30.2. The number of likely N-dealkylation sites (tertiary alicyclic amines) is 1. The quantitative estimate of drug-likeness (QED) is 0.837. The number of nitrogens with zero attached hydrogens (tertiary/aromatic N) is 3. The minimum Gasteiger partial charge on any atom is -0.369 e. The number of aromatic nitrogens is 1. The van der Waals surface area contributed by atoms with E-state index in [2.05, 4.69) is 4.98 Å². The van der Waals surface area contributed by atoms with Crippen LogP contribution in [0.1, 0.15) is 16.9 Å². The van der Waals surface area contributed by atoms with Crippen molar-refractivity contribution >= 4 is 23.2 Å². The van der Waals surface area contributed by atoms with E-state index in [0.717, 1.165) is 0 Å². The molecule has 8 heteroatoms. The zero-order chi connectivity index (χ0) is 14.7. The van der Waals surface area contributed by atoms with Gasteiger partial charge in [0.1, 0.15) is 11.9 Å². The van der Waals surface area contributed by atoms with Crippen molar-refractivity contribution in [2.24, 2.45) is 5.73 Å². The van der Waals surface area contributed by atoms with Gasteiger partial charge in [-0.05, 0) is 6.42 Å². The molecule has 20 heavy (non-hydrogen) atoms. The standard InChI is InChI=1S/C12H17FN4O2S/c1-16(12(19)10-6-20-7-15-10)4-9-2-8(13)3-17(9)5-11(14)18/h6-9H,2-5H2,1H3,(H2,14,18)/t8-,9-/m0/s1. The minimum atomic E-state index is -0.984. The van der Waals surface area contributed by atoms with Gasteiger partial charge < -0.3 is 10.6 Å². The minimum absolute atomic E-state index is 0.0177. The van der Waals surface area contributed by atoms with Gasteiger partial charge in [-0.3, -0.25) is 14.5 Å². The molecule has 0 aliphatic carbocycles. The largest absolute Gasteiger partial charge is 0.369 e. The van der Waals surface area contributed by atoms with E-state index in [-0.39, 0.29) is 25.0 Å². The maximum Gasteiger partial charge on any atom is 0.273 e. The fourth-order valence-electron chi connectivity index (χ4n) is 2.42. The first kappa shape index (κ1) is 14.9. The molecule has 0 radical (unpaired) electrons. The van der Waals surface area contributed by atoms with Gasteiger partial charge in [0.25, 0.3) is 5.91 Å². The van der Waals surface area contributed by atoms with E-state index in [1.54, 1.807) is 22.8 Å². The van der Waals surface area contributed by atoms with Crippen LogP contribution < -0.4 is 5.73 Å². The molecule has 2 N–H and O–H groups in total. The van der Waals surface area contributed by atoms with Crippen molar-refractivity contribution in [3.05, 3.63) is 16.6 Å². The number of thiazole rings is 1. The number of halogens is 1. The number of carbonyl (C=O) groups excluding carboxylic acids is 2. The molecule has 1 aromatic heterocycles. The van der Waals surface area contributed by atoms with E-state index in [0.29, 0.717) is 18.7 Å². The number of likely N-dealkylation sites (N-methyl/N-ethyl adjacent to an activating group) is 1. The van der Waals surface area contributed by atoms with Crippen molar-refractivity contribution in [3.8, 4) is 0 Å². The van der Waals surface area contributed by atoms with Crippen LogP contribution in [0.3, 0.4) is 0 Å². The lowest BCUT2D eigenvalue weighted by molar-refractivity contribution is -0.119. The molecule has 0 bridgehead atoms. The lowest BCUT2D eigenvalue weighted by Crippen LogP contribution is -2.44. The Morgan fingerprint density at radius 1 is 1.65 bits per heavy atom. The molecule has 0 spiro atoms. The van der Waals surface area contributed by atoms with E-state index in [4.69, 9.17) is 5.73 Å². The fraction of sp³-hybridized carbons (Fsp3) is 0.583. The molecular formula is C12H17FN4O2S. The van der Waals surface area contributed by atoms with E-state index in [1.807, 2.05) is 0 Å². The molecular weight excluding hydrogens is 283 g/mol. The van der Waals surface area contributed by atoms with Crippen molar-refractivity contribution < 1.29 is 14.0 Å². The molecule has 2 rings (SSSR count). The Morgan fingerprint density at radius 2 is 2.40 bits per heavy atom. The van der Waals surface area contributed by atoms with Crippen LogP contribution in [0.25, 0.3) is 0 Å². The second-order valence-corrected chi connectivity index (χ2v) is 5.66. The lowest BCUT2D eigenvalue weighted by atomic mass is 10.2. The topological polar surface area (TPSA) is 79.5 Å². The van der Waals surface area contributed by atoms with Gasteiger partial charge in [-0.2, -0.15) is 0 Å². The molecule has 110 valence electrons. The predicted molar refractivity (Wildman–Crippen MR) is 73.1 cm³/mol. The van der Waals surface area contributed by atoms with Crippen molar-refractivity contribution in [2.75, 3.05) is 26.7 Å². The predicted octanol–water partition coefficient (Wildman–Crippen LogP) is 0.113. The van der Waals surface area contributed by atoms with Crippen molar-refractivity contribution in [3.63, 3.8) is 0 Å². The van der Waals surface area contributed by atoms with Crippen LogP contribution in [0, 0.1) is 0 Å². The van der Waals surface area contributed by atoms with Crippen molar-refractivity contribution in [1.82, 2.24) is 14.8 Å². The molecule has 6 nitrogen and oxygen atoms in total. The number of carbonyl (C=O) groups is 2. The highest BCUT2D eigenvalue weighted by Crippen LogP contribution is 2.21. The van der Waals surface area contributed by atoms with Gasteiger partial charge in [0, 0.05) is 31.6 Å². The summed E-state index contributed by atoms with van der Waals surface area (Å²) in [7, 11) is 1.65. The number of amides is 2. The first-order chi connectivity index (χ1) is 9.47. The summed E-state index contributed by atoms with van der Waals surface area (Å²) in [5.74, 6) is -0.690. The maximum absolute atomic E-state index is 13.5. The van der Waals surface area contributed by atoms with Gasteiger partial charge >= 0.3 is 0 Å². The molecule has 1 aromatic rings. The van der Waals surface area contributed by atoms with Gasteiger partial charge in [-0.25, -0.2) is 9.37 Å². The van der Waals surface area contributed by atoms with E-state index < -0.39 is 12.1 Å². The first-order valence-corrected chi connectivity index (χ1v) is 7.21. The van der Waals surface area contributed by atoms with Gasteiger partial charge in [0.05, 0.1) is 12.1 Å². The van der Waals surface area contributed by atoms with Gasteiger partial charge in [-0.1, -0.05) is 0 Å². The van der Waals surface area contributed by atoms with Crippen LogP contribution in [-0.4, -0.2) is 65.5 Å². The molecule has 1 aliphatic rings. The number of hydrogen-bond donors (Lipinski definition) is 1. The molecule has 2 atom stereocenters. The van der Waals surface area contributed by atoms with E-state index in [9.17, 15) is 14.0 Å². The molecule has 1 saturated heterocycles. The van der Waals surface area contributed by atoms with E-state index in [1.165, 1.54) is 16.2 Å². The monoisotopic (exact) mass is 300 g/mol. The highest BCUT2D eigenvalue weighted by molar-refractivity contribution is 7.07. The molecule has 0 aromatic carbocycles. The van der Waals surface area contributed by atoms with Crippen LogP contribution in [0.5, 0.6) is 0 Å². The van der Waals surface area contributed by atoms with Crippen molar-refractivity contribution in [1.29, 1.82) is 0 Å². The molecule has 0 unspecified atom stereocenters. The molecule has 0 saturated carbocycles. The summed E-state index contributed by atoms with van der Waals surface area (Å²) in [6.07, 6.45) is -0.677. The van der Waals surface area contributed by atoms with Crippen LogP contribution in [0.2, 0.25) is 0 Å². The number of nitrogens with two attached hydrogens (primary N) is 1. The van der Waals surface area contributed by atoms with Gasteiger partial charge in [0.2, 0.25) is 5.91 Å². The second-order valence-electron chi connectivity index (χ2n) is 4.94. The summed E-state index contributed by atoms with van der Waals surface area (Å²) < 4.78 is 13.5. The molecule has 1 fully saturated rings. The van der Waals surface area contributed by atoms with Gasteiger partial charge in [-0.15, -0.1) is 11.3 Å². The van der Waals surface area contributed by atoms with Crippen LogP contribution in [0.15, 0.2) is 10.9 Å². The zero-order valence-electron chi connectivity index (χ0n) is 11.2. The number of hydrogen-bond acceptors (Lipinski definition) is 5. The molecule has 2 amide bonds. The maximum atomic E-state index is 13.5. The lowest BCUT2D eigenvalue weighted by Gasteiger charge is -2.27. The van der Waals surface area contributed by atoms with Crippen molar-refractivity contribution in [2.45, 2.75) is 18.6 Å². The van der Waals surface area contributed by atoms with Gasteiger partial charge in [0.15, 0.2) is 0 Å². The summed E-state index contributed by atoms with van der Waals surface area (Å²) in [5, 5.41) is 1.67.